The van der Waals surface area contributed by atoms with Gasteiger partial charge in [0.1, 0.15) is 0 Å². The minimum Gasteiger partial charge on any atom is -0.391 e. The molecule has 3 nitrogen and oxygen atoms in total. The molecule has 0 bridgehead atoms. The van der Waals surface area contributed by atoms with Gasteiger partial charge in [-0.25, -0.2) is 0 Å². The number of hydrogen-bond donors (Lipinski definition) is 2. The largest absolute Gasteiger partial charge is 0.391 e. The van der Waals surface area contributed by atoms with Crippen molar-refractivity contribution in [2.45, 2.75) is 32.8 Å². The monoisotopic (exact) mass is 183 g/mol. The topological polar surface area (TPSA) is 49.3 Å². The lowest BCUT2D eigenvalue weighted by molar-refractivity contribution is -0.120. The van der Waals surface area contributed by atoms with Crippen molar-refractivity contribution in [1.29, 1.82) is 0 Å². The molecule has 2 N–H and O–H groups in total. The van der Waals surface area contributed by atoms with Gasteiger partial charge in [0.05, 0.1) is 12.5 Å². The zero-order valence-electron chi connectivity index (χ0n) is 8.21. The van der Waals surface area contributed by atoms with Gasteiger partial charge in [-0.2, -0.15) is 0 Å². The highest BCUT2D eigenvalue weighted by atomic mass is 16.3. The molecule has 0 saturated heterocycles. The van der Waals surface area contributed by atoms with Gasteiger partial charge >= 0.3 is 0 Å². The van der Waals surface area contributed by atoms with Crippen molar-refractivity contribution in [3.05, 3.63) is 0 Å². The predicted octanol–water partition coefficient (Wildman–Crippen LogP) is 0.533. The quantitative estimate of drug-likeness (QED) is 0.611. The summed E-state index contributed by atoms with van der Waals surface area (Å²) in [5, 5.41) is 11.9. The molecule has 1 unspecified atom stereocenters. The highest BCUT2D eigenvalue weighted by Crippen LogP contribution is 2.02. The summed E-state index contributed by atoms with van der Waals surface area (Å²) >= 11 is 0. The molecule has 1 amide bonds. The molecule has 0 aliphatic heterocycles. The second-order valence-electron chi connectivity index (χ2n) is 3.47. The zero-order chi connectivity index (χ0) is 10.3. The lowest BCUT2D eigenvalue weighted by Crippen LogP contribution is -2.32. The molecule has 0 aliphatic carbocycles. The second-order valence-corrected chi connectivity index (χ2v) is 3.47. The van der Waals surface area contributed by atoms with Gasteiger partial charge in [0.15, 0.2) is 0 Å². The van der Waals surface area contributed by atoms with Crippen molar-refractivity contribution < 1.29 is 9.90 Å². The predicted molar refractivity (Wildman–Crippen MR) is 51.9 cm³/mol. The number of rotatable bonds is 5. The van der Waals surface area contributed by atoms with Crippen LogP contribution in [0.4, 0.5) is 0 Å². The zero-order valence-corrected chi connectivity index (χ0v) is 8.21. The molecule has 0 heterocycles. The number of terminal acetylenes is 1. The number of hydrogen-bond acceptors (Lipinski definition) is 2. The van der Waals surface area contributed by atoms with Gasteiger partial charge in [0, 0.05) is 6.54 Å². The van der Waals surface area contributed by atoms with Crippen molar-refractivity contribution in [2.75, 3.05) is 6.54 Å². The molecule has 0 aliphatic rings. The molecule has 0 aromatic heterocycles. The Morgan fingerprint density at radius 1 is 1.62 bits per heavy atom. The molecule has 0 rings (SSSR count). The maximum atomic E-state index is 10.9. The van der Waals surface area contributed by atoms with Crippen LogP contribution in [-0.4, -0.2) is 23.7 Å². The van der Waals surface area contributed by atoms with E-state index < -0.39 is 6.10 Å². The van der Waals surface area contributed by atoms with Gasteiger partial charge in [-0.3, -0.25) is 4.79 Å². The summed E-state index contributed by atoms with van der Waals surface area (Å²) in [5.41, 5.74) is 0. The van der Waals surface area contributed by atoms with E-state index in [1.165, 1.54) is 0 Å². The number of aliphatic hydroxyl groups excluding tert-OH is 1. The van der Waals surface area contributed by atoms with Crippen LogP contribution in [0.2, 0.25) is 0 Å². The molecule has 0 aromatic rings. The Morgan fingerprint density at radius 3 is 2.69 bits per heavy atom. The average Bonchev–Trinajstić information content (AvgIpc) is 2.00. The fraction of sp³-hybridized carbons (Fsp3) is 0.700. The number of carbonyl (C=O) groups is 1. The SMILES string of the molecule is C#CCC(=O)NCC(O)CC(C)C. The molecule has 0 fully saturated rings. The van der Waals surface area contributed by atoms with Gasteiger partial charge in [0.25, 0.3) is 0 Å². The van der Waals surface area contributed by atoms with E-state index in [4.69, 9.17) is 6.42 Å². The van der Waals surface area contributed by atoms with Crippen LogP contribution in [0.1, 0.15) is 26.7 Å². The van der Waals surface area contributed by atoms with E-state index in [0.29, 0.717) is 18.9 Å². The fourth-order valence-corrected chi connectivity index (χ4v) is 1.01. The third-order valence-electron chi connectivity index (χ3n) is 1.54. The summed E-state index contributed by atoms with van der Waals surface area (Å²) < 4.78 is 0. The Balaban J connectivity index is 3.53. The molecule has 13 heavy (non-hydrogen) atoms. The summed E-state index contributed by atoms with van der Waals surface area (Å²) in [5.74, 6) is 2.47. The van der Waals surface area contributed by atoms with Gasteiger partial charge in [0.2, 0.25) is 5.91 Å². The van der Waals surface area contributed by atoms with Crippen molar-refractivity contribution in [1.82, 2.24) is 5.32 Å². The Labute approximate surface area is 79.5 Å². The summed E-state index contributed by atoms with van der Waals surface area (Å²) in [6, 6.07) is 0. The number of nitrogens with one attached hydrogen (secondary N) is 1. The van der Waals surface area contributed by atoms with Crippen LogP contribution < -0.4 is 5.32 Å². The van der Waals surface area contributed by atoms with Gasteiger partial charge in [-0.1, -0.05) is 19.8 Å². The first-order valence-electron chi connectivity index (χ1n) is 4.44. The Hall–Kier alpha value is -1.01. The van der Waals surface area contributed by atoms with Crippen molar-refractivity contribution in [2.24, 2.45) is 5.92 Å². The van der Waals surface area contributed by atoms with Crippen LogP contribution >= 0.6 is 0 Å². The van der Waals surface area contributed by atoms with Gasteiger partial charge < -0.3 is 10.4 Å². The first-order chi connectivity index (χ1) is 6.06. The van der Waals surface area contributed by atoms with Crippen LogP contribution in [0.5, 0.6) is 0 Å². The maximum absolute atomic E-state index is 10.9. The summed E-state index contributed by atoms with van der Waals surface area (Å²) in [7, 11) is 0. The van der Waals surface area contributed by atoms with Crippen LogP contribution in [0, 0.1) is 18.3 Å². The van der Waals surface area contributed by atoms with E-state index in [9.17, 15) is 9.90 Å². The van der Waals surface area contributed by atoms with Crippen molar-refractivity contribution in [3.63, 3.8) is 0 Å². The van der Waals surface area contributed by atoms with E-state index >= 15 is 0 Å². The van der Waals surface area contributed by atoms with E-state index in [0.717, 1.165) is 0 Å². The summed E-state index contributed by atoms with van der Waals surface area (Å²) in [4.78, 5) is 10.9. The van der Waals surface area contributed by atoms with Gasteiger partial charge in [-0.15, -0.1) is 6.42 Å². The highest BCUT2D eigenvalue weighted by Gasteiger charge is 2.07. The van der Waals surface area contributed by atoms with Crippen LogP contribution in [0.25, 0.3) is 0 Å². The van der Waals surface area contributed by atoms with E-state index in [2.05, 4.69) is 11.2 Å². The second kappa shape index (κ2) is 6.50. The van der Waals surface area contributed by atoms with Gasteiger partial charge in [-0.05, 0) is 12.3 Å². The molecule has 0 aromatic carbocycles. The fourth-order valence-electron chi connectivity index (χ4n) is 1.01. The van der Waals surface area contributed by atoms with Crippen LogP contribution in [-0.2, 0) is 4.79 Å². The third-order valence-corrected chi connectivity index (χ3v) is 1.54. The number of aliphatic hydroxyl groups is 1. The van der Waals surface area contributed by atoms with E-state index in [1.807, 2.05) is 13.8 Å². The Kier molecular flexibility index (Phi) is 5.99. The average molecular weight is 183 g/mol. The Bertz CT molecular complexity index is 194. The molecule has 3 heteroatoms. The summed E-state index contributed by atoms with van der Waals surface area (Å²) in [6.07, 6.45) is 5.24. The molecular weight excluding hydrogens is 166 g/mol. The van der Waals surface area contributed by atoms with Crippen molar-refractivity contribution in [3.8, 4) is 12.3 Å². The van der Waals surface area contributed by atoms with Crippen molar-refractivity contribution >= 4 is 5.91 Å². The van der Waals surface area contributed by atoms with Crippen LogP contribution in [0.15, 0.2) is 0 Å². The highest BCUT2D eigenvalue weighted by molar-refractivity contribution is 5.78. The van der Waals surface area contributed by atoms with E-state index in [1.54, 1.807) is 0 Å². The minimum atomic E-state index is -0.471. The molecule has 1 atom stereocenters. The molecular formula is C10H17NO2. The minimum absolute atomic E-state index is 0.0778. The number of amides is 1. The third kappa shape index (κ3) is 7.35. The first-order valence-corrected chi connectivity index (χ1v) is 4.44. The lowest BCUT2D eigenvalue weighted by Gasteiger charge is -2.13. The first kappa shape index (κ1) is 12.0. The van der Waals surface area contributed by atoms with E-state index in [-0.39, 0.29) is 12.3 Å². The molecule has 74 valence electrons. The van der Waals surface area contributed by atoms with Crippen LogP contribution in [0.3, 0.4) is 0 Å². The molecule has 0 spiro atoms. The summed E-state index contributed by atoms with van der Waals surface area (Å²) in [6.45, 7) is 4.33. The normalized spacial score (nSPS) is 12.2. The standard InChI is InChI=1S/C10H17NO2/c1-4-5-10(13)11-7-9(12)6-8(2)3/h1,8-9,12H,5-7H2,2-3H3,(H,11,13). The smallest absolute Gasteiger partial charge is 0.232 e. The lowest BCUT2D eigenvalue weighted by atomic mass is 10.1. The molecule has 0 saturated carbocycles. The number of carbonyl (C=O) groups excluding carboxylic acids is 1. The maximum Gasteiger partial charge on any atom is 0.232 e. The molecule has 0 radical (unpaired) electrons. The Morgan fingerprint density at radius 2 is 2.23 bits per heavy atom.